The van der Waals surface area contributed by atoms with E-state index in [2.05, 4.69) is 73.7 Å². The monoisotopic (exact) mass is 300 g/mol. The molecule has 114 valence electrons. The second-order valence-corrected chi connectivity index (χ2v) is 6.40. The highest BCUT2D eigenvalue weighted by atomic mass is 15.0. The van der Waals surface area contributed by atoms with Crippen LogP contribution in [0.2, 0.25) is 0 Å². The standard InChI is InChI=1S/C21H20N2/c1-21(19-13-6-5-12-18(19)20(22)23-21)17-11-7-10-16(14-17)15-8-3-2-4-9-15/h2-8,10-15H,9H2,1H3,(H2,22,23). The van der Waals surface area contributed by atoms with Gasteiger partial charge in [0.05, 0.1) is 0 Å². The first-order chi connectivity index (χ1) is 11.2. The molecular weight excluding hydrogens is 280 g/mol. The lowest BCUT2D eigenvalue weighted by Gasteiger charge is -2.25. The second kappa shape index (κ2) is 5.24. The summed E-state index contributed by atoms with van der Waals surface area (Å²) in [5.74, 6) is 1.08. The fourth-order valence-corrected chi connectivity index (χ4v) is 3.61. The number of hydrogen-bond donors (Lipinski definition) is 1. The van der Waals surface area contributed by atoms with Crippen molar-refractivity contribution in [3.8, 4) is 0 Å². The van der Waals surface area contributed by atoms with Crippen LogP contribution in [0.25, 0.3) is 0 Å². The van der Waals surface area contributed by atoms with Gasteiger partial charge in [-0.1, -0.05) is 72.8 Å². The summed E-state index contributed by atoms with van der Waals surface area (Å²) in [5.41, 5.74) is 10.6. The van der Waals surface area contributed by atoms with E-state index in [0.29, 0.717) is 11.8 Å². The molecule has 2 nitrogen and oxygen atoms in total. The molecule has 2 aliphatic rings. The maximum atomic E-state index is 6.17. The molecule has 2 aromatic carbocycles. The normalized spacial score (nSPS) is 25.3. The van der Waals surface area contributed by atoms with Crippen LogP contribution >= 0.6 is 0 Å². The highest BCUT2D eigenvalue weighted by molar-refractivity contribution is 6.02. The summed E-state index contributed by atoms with van der Waals surface area (Å²) in [6, 6.07) is 17.0. The van der Waals surface area contributed by atoms with Crippen molar-refractivity contribution in [3.63, 3.8) is 0 Å². The zero-order valence-corrected chi connectivity index (χ0v) is 13.2. The number of nitrogens with two attached hydrogens (primary N) is 1. The minimum absolute atomic E-state index is 0.398. The summed E-state index contributed by atoms with van der Waals surface area (Å²) in [5, 5.41) is 0. The Morgan fingerprint density at radius 2 is 1.96 bits per heavy atom. The molecule has 2 unspecified atom stereocenters. The van der Waals surface area contributed by atoms with Crippen LogP contribution in [-0.2, 0) is 5.54 Å². The smallest absolute Gasteiger partial charge is 0.127 e. The summed E-state index contributed by atoms with van der Waals surface area (Å²) in [7, 11) is 0. The van der Waals surface area contributed by atoms with E-state index in [0.717, 1.165) is 12.0 Å². The molecule has 0 aromatic heterocycles. The van der Waals surface area contributed by atoms with Gasteiger partial charge in [-0.3, -0.25) is 4.99 Å². The first-order valence-corrected chi connectivity index (χ1v) is 8.07. The van der Waals surface area contributed by atoms with Crippen LogP contribution in [-0.4, -0.2) is 5.84 Å². The number of rotatable bonds is 2. The van der Waals surface area contributed by atoms with E-state index >= 15 is 0 Å². The van der Waals surface area contributed by atoms with Gasteiger partial charge in [-0.15, -0.1) is 0 Å². The van der Waals surface area contributed by atoms with Crippen molar-refractivity contribution in [2.45, 2.75) is 24.8 Å². The number of amidine groups is 1. The van der Waals surface area contributed by atoms with E-state index in [9.17, 15) is 0 Å². The third kappa shape index (κ3) is 2.22. The molecule has 2 atom stereocenters. The lowest BCUT2D eigenvalue weighted by atomic mass is 9.82. The minimum atomic E-state index is -0.398. The Kier molecular flexibility index (Phi) is 3.19. The van der Waals surface area contributed by atoms with Crippen LogP contribution in [0.4, 0.5) is 0 Å². The number of aliphatic imine (C=N–C) groups is 1. The number of nitrogens with zero attached hydrogens (tertiary/aromatic N) is 1. The molecule has 2 heteroatoms. The van der Waals surface area contributed by atoms with Gasteiger partial charge in [0, 0.05) is 11.5 Å². The Hall–Kier alpha value is -2.61. The number of benzene rings is 2. The van der Waals surface area contributed by atoms with Gasteiger partial charge in [0.25, 0.3) is 0 Å². The van der Waals surface area contributed by atoms with Gasteiger partial charge >= 0.3 is 0 Å². The largest absolute Gasteiger partial charge is 0.383 e. The average molecular weight is 300 g/mol. The van der Waals surface area contributed by atoms with Crippen LogP contribution in [0, 0.1) is 0 Å². The van der Waals surface area contributed by atoms with Crippen LogP contribution in [0.5, 0.6) is 0 Å². The zero-order chi connectivity index (χ0) is 15.9. The number of hydrogen-bond acceptors (Lipinski definition) is 2. The van der Waals surface area contributed by atoms with Crippen molar-refractivity contribution in [3.05, 3.63) is 95.1 Å². The van der Waals surface area contributed by atoms with Gasteiger partial charge in [0.1, 0.15) is 11.4 Å². The van der Waals surface area contributed by atoms with Crippen LogP contribution < -0.4 is 5.73 Å². The van der Waals surface area contributed by atoms with Crippen molar-refractivity contribution in [1.82, 2.24) is 0 Å². The highest BCUT2D eigenvalue weighted by Crippen LogP contribution is 2.41. The second-order valence-electron chi connectivity index (χ2n) is 6.40. The quantitative estimate of drug-likeness (QED) is 0.883. The van der Waals surface area contributed by atoms with Gasteiger partial charge in [-0.2, -0.15) is 0 Å². The molecule has 1 heterocycles. The number of allylic oxidation sites excluding steroid dienone is 4. The van der Waals surface area contributed by atoms with Crippen LogP contribution in [0.1, 0.15) is 41.5 Å². The van der Waals surface area contributed by atoms with Crippen molar-refractivity contribution < 1.29 is 0 Å². The average Bonchev–Trinajstić information content (AvgIpc) is 2.88. The summed E-state index contributed by atoms with van der Waals surface area (Å²) in [4.78, 5) is 4.81. The lowest BCUT2D eigenvalue weighted by molar-refractivity contribution is 0.619. The molecule has 0 bridgehead atoms. The Morgan fingerprint density at radius 1 is 1.09 bits per heavy atom. The van der Waals surface area contributed by atoms with Crippen molar-refractivity contribution >= 4 is 5.84 Å². The van der Waals surface area contributed by atoms with Crippen LogP contribution in [0.3, 0.4) is 0 Å². The third-order valence-electron chi connectivity index (χ3n) is 4.93. The van der Waals surface area contributed by atoms with Gasteiger partial charge < -0.3 is 5.73 Å². The van der Waals surface area contributed by atoms with Gasteiger partial charge in [-0.05, 0) is 30.0 Å². The Bertz CT molecular complexity index is 844. The maximum Gasteiger partial charge on any atom is 0.127 e. The Labute approximate surface area is 137 Å². The highest BCUT2D eigenvalue weighted by Gasteiger charge is 2.36. The molecule has 2 N–H and O–H groups in total. The fourth-order valence-electron chi connectivity index (χ4n) is 3.61. The summed E-state index contributed by atoms with van der Waals surface area (Å²) < 4.78 is 0. The van der Waals surface area contributed by atoms with E-state index in [4.69, 9.17) is 10.7 Å². The van der Waals surface area contributed by atoms with E-state index in [1.807, 2.05) is 6.07 Å². The summed E-state index contributed by atoms with van der Waals surface area (Å²) in [6.07, 6.45) is 9.78. The third-order valence-corrected chi connectivity index (χ3v) is 4.93. The molecule has 1 aliphatic carbocycles. The predicted molar refractivity (Wildman–Crippen MR) is 95.7 cm³/mol. The minimum Gasteiger partial charge on any atom is -0.383 e. The first-order valence-electron chi connectivity index (χ1n) is 8.07. The molecule has 23 heavy (non-hydrogen) atoms. The summed E-state index contributed by atoms with van der Waals surface area (Å²) >= 11 is 0. The van der Waals surface area contributed by atoms with E-state index in [1.165, 1.54) is 16.7 Å². The molecule has 0 spiro atoms. The molecule has 4 rings (SSSR count). The molecule has 0 amide bonds. The Balaban J connectivity index is 1.80. The Morgan fingerprint density at radius 3 is 2.78 bits per heavy atom. The van der Waals surface area contributed by atoms with Crippen molar-refractivity contribution in [2.24, 2.45) is 10.7 Å². The first kappa shape index (κ1) is 14.0. The maximum absolute atomic E-state index is 6.17. The van der Waals surface area contributed by atoms with E-state index in [1.54, 1.807) is 0 Å². The number of fused-ring (bicyclic) bond motifs is 1. The lowest BCUT2D eigenvalue weighted by Crippen LogP contribution is -2.19. The topological polar surface area (TPSA) is 38.4 Å². The molecule has 0 saturated carbocycles. The SMILES string of the molecule is CC1(c2cccc(C3C=CC=CC3)c2)N=C(N)c2ccccc21. The van der Waals surface area contributed by atoms with Crippen molar-refractivity contribution in [2.75, 3.05) is 0 Å². The van der Waals surface area contributed by atoms with E-state index < -0.39 is 5.54 Å². The zero-order valence-electron chi connectivity index (χ0n) is 13.2. The molecular formula is C21H20N2. The molecule has 1 aliphatic heterocycles. The van der Waals surface area contributed by atoms with Gasteiger partial charge in [-0.25, -0.2) is 0 Å². The molecule has 0 fully saturated rings. The van der Waals surface area contributed by atoms with Crippen LogP contribution in [0.15, 0.2) is 77.8 Å². The predicted octanol–water partition coefficient (Wildman–Crippen LogP) is 4.27. The van der Waals surface area contributed by atoms with E-state index in [-0.39, 0.29) is 0 Å². The fraction of sp³-hybridized carbons (Fsp3) is 0.190. The molecule has 0 saturated heterocycles. The summed E-state index contributed by atoms with van der Waals surface area (Å²) in [6.45, 7) is 2.15. The molecule has 0 radical (unpaired) electrons. The molecule has 2 aromatic rings. The van der Waals surface area contributed by atoms with Crippen molar-refractivity contribution in [1.29, 1.82) is 0 Å². The van der Waals surface area contributed by atoms with Gasteiger partial charge in [0.2, 0.25) is 0 Å². The van der Waals surface area contributed by atoms with Gasteiger partial charge in [0.15, 0.2) is 0 Å².